The molecule has 0 saturated carbocycles. The first kappa shape index (κ1) is 14.4. The molecule has 2 atom stereocenters. The Kier molecular flexibility index (Phi) is 6.83. The molecule has 0 aliphatic carbocycles. The Labute approximate surface area is 106 Å². The van der Waals surface area contributed by atoms with Crippen LogP contribution in [0.25, 0.3) is 0 Å². The van der Waals surface area contributed by atoms with Crippen molar-refractivity contribution in [2.75, 3.05) is 12.3 Å². The first-order valence-electron chi connectivity index (χ1n) is 7.10. The predicted octanol–water partition coefficient (Wildman–Crippen LogP) is 4.22. The normalized spacial score (nSPS) is 27.2. The average molecular weight is 243 g/mol. The van der Waals surface area contributed by atoms with Crippen LogP contribution in [-0.2, 0) is 0 Å². The topological polar surface area (TPSA) is 12.0 Å². The zero-order valence-electron chi connectivity index (χ0n) is 11.3. The lowest BCUT2D eigenvalue weighted by Gasteiger charge is -2.34. The van der Waals surface area contributed by atoms with E-state index in [-0.39, 0.29) is 0 Å². The maximum Gasteiger partial charge on any atom is 0.0285 e. The third kappa shape index (κ3) is 4.29. The summed E-state index contributed by atoms with van der Waals surface area (Å²) in [5.41, 5.74) is 0. The van der Waals surface area contributed by atoms with Gasteiger partial charge in [0.1, 0.15) is 0 Å². The van der Waals surface area contributed by atoms with Crippen molar-refractivity contribution in [2.45, 2.75) is 76.5 Å². The molecule has 1 aliphatic rings. The summed E-state index contributed by atoms with van der Waals surface area (Å²) in [7, 11) is 0. The van der Waals surface area contributed by atoms with Gasteiger partial charge in [0.2, 0.25) is 0 Å². The van der Waals surface area contributed by atoms with Gasteiger partial charge in [0.15, 0.2) is 0 Å². The van der Waals surface area contributed by atoms with E-state index >= 15 is 0 Å². The Hall–Kier alpha value is 0.310. The second-order valence-corrected chi connectivity index (χ2v) is 6.90. The lowest BCUT2D eigenvalue weighted by Crippen LogP contribution is -2.45. The Morgan fingerprint density at radius 2 is 2.06 bits per heavy atom. The van der Waals surface area contributed by atoms with Gasteiger partial charge in [-0.25, -0.2) is 0 Å². The minimum atomic E-state index is 0.517. The second kappa shape index (κ2) is 7.60. The molecule has 0 aromatic heterocycles. The molecule has 0 aromatic carbocycles. The molecule has 0 aromatic rings. The summed E-state index contributed by atoms with van der Waals surface area (Å²) in [4.78, 5) is 0. The maximum absolute atomic E-state index is 3.79. The number of nitrogens with one attached hydrogen (secondary N) is 1. The number of hydrogen-bond acceptors (Lipinski definition) is 2. The minimum Gasteiger partial charge on any atom is -0.313 e. The van der Waals surface area contributed by atoms with Crippen LogP contribution >= 0.6 is 11.8 Å². The van der Waals surface area contributed by atoms with Gasteiger partial charge in [0, 0.05) is 10.8 Å². The highest BCUT2D eigenvalue weighted by atomic mass is 32.2. The van der Waals surface area contributed by atoms with E-state index in [1.165, 1.54) is 57.2 Å². The van der Waals surface area contributed by atoms with Gasteiger partial charge in [-0.15, -0.1) is 0 Å². The lowest BCUT2D eigenvalue weighted by molar-refractivity contribution is 0.369. The fourth-order valence-electron chi connectivity index (χ4n) is 2.62. The number of hydrogen-bond donors (Lipinski definition) is 1. The average Bonchev–Trinajstić information content (AvgIpc) is 2.71. The van der Waals surface area contributed by atoms with E-state index in [0.29, 0.717) is 4.75 Å². The molecule has 1 fully saturated rings. The third-order valence-electron chi connectivity index (χ3n) is 3.72. The first-order chi connectivity index (χ1) is 7.73. The third-order valence-corrected chi connectivity index (χ3v) is 5.36. The van der Waals surface area contributed by atoms with E-state index in [9.17, 15) is 0 Å². The fraction of sp³-hybridized carbons (Fsp3) is 1.00. The molecule has 1 heterocycles. The molecule has 1 nitrogen and oxygen atoms in total. The quantitative estimate of drug-likeness (QED) is 0.641. The molecule has 16 heavy (non-hydrogen) atoms. The summed E-state index contributed by atoms with van der Waals surface area (Å²) in [6.45, 7) is 8.22. The molecule has 1 rings (SSSR count). The number of rotatable bonds is 8. The van der Waals surface area contributed by atoms with Crippen LogP contribution in [0.3, 0.4) is 0 Å². The second-order valence-electron chi connectivity index (χ2n) is 5.27. The Balaban J connectivity index is 2.41. The molecule has 0 radical (unpaired) electrons. The largest absolute Gasteiger partial charge is 0.313 e. The van der Waals surface area contributed by atoms with Gasteiger partial charge < -0.3 is 5.32 Å². The molecule has 2 unspecified atom stereocenters. The summed E-state index contributed by atoms with van der Waals surface area (Å²) in [5, 5.41) is 3.79. The molecular formula is C14H29NS. The van der Waals surface area contributed by atoms with Crippen LogP contribution in [0.4, 0.5) is 0 Å². The van der Waals surface area contributed by atoms with Gasteiger partial charge in [-0.3, -0.25) is 0 Å². The van der Waals surface area contributed by atoms with Gasteiger partial charge in [0.25, 0.3) is 0 Å². The highest BCUT2D eigenvalue weighted by Gasteiger charge is 2.36. The number of unbranched alkanes of at least 4 members (excludes halogenated alkanes) is 2. The SMILES string of the molecule is CCCCCC(NCCC)C1(C)CCCS1. The van der Waals surface area contributed by atoms with Crippen LogP contribution in [0.15, 0.2) is 0 Å². The van der Waals surface area contributed by atoms with Crippen molar-refractivity contribution in [3.8, 4) is 0 Å². The zero-order chi connectivity index (χ0) is 11.9. The molecule has 0 amide bonds. The summed E-state index contributed by atoms with van der Waals surface area (Å²) >= 11 is 2.20. The van der Waals surface area contributed by atoms with Gasteiger partial charge in [0.05, 0.1) is 0 Å². The van der Waals surface area contributed by atoms with E-state index in [4.69, 9.17) is 0 Å². The van der Waals surface area contributed by atoms with Crippen LogP contribution < -0.4 is 5.32 Å². The van der Waals surface area contributed by atoms with Crippen molar-refractivity contribution < 1.29 is 0 Å². The Morgan fingerprint density at radius 1 is 1.25 bits per heavy atom. The summed E-state index contributed by atoms with van der Waals surface area (Å²) in [5.74, 6) is 1.37. The van der Waals surface area contributed by atoms with Gasteiger partial charge in [-0.1, -0.05) is 33.1 Å². The molecule has 1 N–H and O–H groups in total. The van der Waals surface area contributed by atoms with Crippen molar-refractivity contribution in [3.63, 3.8) is 0 Å². The molecule has 2 heteroatoms. The molecule has 1 saturated heterocycles. The fourth-order valence-corrected chi connectivity index (χ4v) is 4.06. The summed E-state index contributed by atoms with van der Waals surface area (Å²) < 4.78 is 0.517. The predicted molar refractivity (Wildman–Crippen MR) is 76.3 cm³/mol. The van der Waals surface area contributed by atoms with Crippen molar-refractivity contribution in [1.82, 2.24) is 5.32 Å². The molecule has 0 bridgehead atoms. The minimum absolute atomic E-state index is 0.517. The molecule has 0 spiro atoms. The molecule has 96 valence electrons. The van der Waals surface area contributed by atoms with Crippen molar-refractivity contribution >= 4 is 11.8 Å². The Bertz CT molecular complexity index is 176. The Morgan fingerprint density at radius 3 is 2.62 bits per heavy atom. The van der Waals surface area contributed by atoms with E-state index < -0.39 is 0 Å². The molecule has 1 aliphatic heterocycles. The van der Waals surface area contributed by atoms with Crippen molar-refractivity contribution in [3.05, 3.63) is 0 Å². The van der Waals surface area contributed by atoms with E-state index in [0.717, 1.165) is 6.04 Å². The van der Waals surface area contributed by atoms with Crippen molar-refractivity contribution in [1.29, 1.82) is 0 Å². The zero-order valence-corrected chi connectivity index (χ0v) is 12.2. The smallest absolute Gasteiger partial charge is 0.0285 e. The highest BCUT2D eigenvalue weighted by molar-refractivity contribution is 8.00. The van der Waals surface area contributed by atoms with Crippen LogP contribution in [0.5, 0.6) is 0 Å². The lowest BCUT2D eigenvalue weighted by atomic mass is 9.91. The molecular weight excluding hydrogens is 214 g/mol. The monoisotopic (exact) mass is 243 g/mol. The van der Waals surface area contributed by atoms with Crippen molar-refractivity contribution in [2.24, 2.45) is 0 Å². The van der Waals surface area contributed by atoms with Gasteiger partial charge in [-0.05, 0) is 44.9 Å². The van der Waals surface area contributed by atoms with E-state index in [2.05, 4.69) is 37.8 Å². The first-order valence-corrected chi connectivity index (χ1v) is 8.09. The number of thioether (sulfide) groups is 1. The maximum atomic E-state index is 3.79. The summed E-state index contributed by atoms with van der Waals surface area (Å²) in [6.07, 6.45) is 9.58. The highest BCUT2D eigenvalue weighted by Crippen LogP contribution is 2.41. The van der Waals surface area contributed by atoms with Gasteiger partial charge in [-0.2, -0.15) is 11.8 Å². The summed E-state index contributed by atoms with van der Waals surface area (Å²) in [6, 6.07) is 0.742. The van der Waals surface area contributed by atoms with Crippen LogP contribution in [0.2, 0.25) is 0 Å². The van der Waals surface area contributed by atoms with Crippen LogP contribution in [0.1, 0.15) is 65.7 Å². The van der Waals surface area contributed by atoms with Crippen LogP contribution in [0, 0.1) is 0 Å². The standard InChI is InChI=1S/C14H29NS/c1-4-6-7-9-13(15-11-5-2)14(3)10-8-12-16-14/h13,15H,4-12H2,1-3H3. The van der Waals surface area contributed by atoms with E-state index in [1.54, 1.807) is 0 Å². The van der Waals surface area contributed by atoms with E-state index in [1.807, 2.05) is 0 Å². The van der Waals surface area contributed by atoms with Gasteiger partial charge >= 0.3 is 0 Å². The van der Waals surface area contributed by atoms with Crippen LogP contribution in [-0.4, -0.2) is 23.1 Å².